The van der Waals surface area contributed by atoms with E-state index in [0.717, 1.165) is 63.9 Å². The van der Waals surface area contributed by atoms with E-state index in [9.17, 15) is 9.59 Å². The lowest BCUT2D eigenvalue weighted by atomic mass is 9.71. The highest BCUT2D eigenvalue weighted by Gasteiger charge is 2.58. The van der Waals surface area contributed by atoms with Crippen molar-refractivity contribution in [3.05, 3.63) is 35.9 Å². The van der Waals surface area contributed by atoms with Crippen LogP contribution in [0, 0.1) is 5.41 Å². The Bertz CT molecular complexity index is 768. The van der Waals surface area contributed by atoms with E-state index < -0.39 is 0 Å². The number of hydrogen-bond acceptors (Lipinski definition) is 4. The second-order valence-electron chi connectivity index (χ2n) is 9.51. The standard InChI is InChI=1S/C24H36N4O3/c1-26-21(29)23(8-12-27(13-9-23)16-17-31-2)19-24(26)10-14-28(15-11-24)22(30)25-18-20-6-4-3-5-7-20/h3-7H,8-19H2,1-2H3,(H,25,30). The van der Waals surface area contributed by atoms with Gasteiger partial charge >= 0.3 is 6.03 Å². The zero-order valence-corrected chi connectivity index (χ0v) is 18.9. The number of urea groups is 1. The van der Waals surface area contributed by atoms with Gasteiger partial charge in [0.15, 0.2) is 0 Å². The summed E-state index contributed by atoms with van der Waals surface area (Å²) in [7, 11) is 3.72. The van der Waals surface area contributed by atoms with Crippen LogP contribution in [0.5, 0.6) is 0 Å². The molecular weight excluding hydrogens is 392 g/mol. The number of likely N-dealkylation sites (tertiary alicyclic amines) is 3. The van der Waals surface area contributed by atoms with Gasteiger partial charge in [-0.2, -0.15) is 0 Å². The van der Waals surface area contributed by atoms with Crippen LogP contribution in [0.1, 0.15) is 37.7 Å². The third-order valence-corrected chi connectivity index (χ3v) is 7.83. The van der Waals surface area contributed by atoms with Crippen LogP contribution < -0.4 is 5.32 Å². The Morgan fingerprint density at radius 3 is 2.39 bits per heavy atom. The minimum absolute atomic E-state index is 0.00755. The predicted molar refractivity (Wildman–Crippen MR) is 120 cm³/mol. The van der Waals surface area contributed by atoms with Crippen molar-refractivity contribution in [2.24, 2.45) is 5.41 Å². The van der Waals surface area contributed by atoms with E-state index >= 15 is 0 Å². The number of methoxy groups -OCH3 is 1. The van der Waals surface area contributed by atoms with Crippen molar-refractivity contribution in [1.29, 1.82) is 0 Å². The van der Waals surface area contributed by atoms with Gasteiger partial charge in [0.25, 0.3) is 0 Å². The number of carbonyl (C=O) groups is 2. The second kappa shape index (κ2) is 9.17. The molecule has 0 aliphatic carbocycles. The van der Waals surface area contributed by atoms with Crippen molar-refractivity contribution in [2.75, 3.05) is 53.5 Å². The molecule has 0 saturated carbocycles. The maximum Gasteiger partial charge on any atom is 0.317 e. The van der Waals surface area contributed by atoms with Gasteiger partial charge in [0.2, 0.25) is 5.91 Å². The molecule has 31 heavy (non-hydrogen) atoms. The quantitative estimate of drug-likeness (QED) is 0.782. The Morgan fingerprint density at radius 1 is 1.06 bits per heavy atom. The van der Waals surface area contributed by atoms with Crippen LogP contribution in [-0.2, 0) is 16.1 Å². The summed E-state index contributed by atoms with van der Waals surface area (Å²) in [5.74, 6) is 0.320. The second-order valence-corrected chi connectivity index (χ2v) is 9.51. The smallest absolute Gasteiger partial charge is 0.317 e. The molecule has 170 valence electrons. The number of nitrogens with zero attached hydrogens (tertiary/aromatic N) is 3. The van der Waals surface area contributed by atoms with Gasteiger partial charge in [-0.05, 0) is 50.8 Å². The van der Waals surface area contributed by atoms with Crippen LogP contribution in [0.15, 0.2) is 30.3 Å². The number of benzene rings is 1. The average Bonchev–Trinajstić information content (AvgIpc) is 3.00. The molecule has 3 saturated heterocycles. The van der Waals surface area contributed by atoms with Gasteiger partial charge in [-0.15, -0.1) is 0 Å². The molecule has 3 amide bonds. The number of amides is 3. The average molecular weight is 429 g/mol. The number of ether oxygens (including phenoxy) is 1. The number of carbonyl (C=O) groups excluding carboxylic acids is 2. The molecule has 3 aliphatic heterocycles. The molecule has 1 aromatic rings. The summed E-state index contributed by atoms with van der Waals surface area (Å²) in [5, 5.41) is 3.04. The summed E-state index contributed by atoms with van der Waals surface area (Å²) in [6, 6.07) is 9.97. The first-order chi connectivity index (χ1) is 15.0. The molecule has 2 spiro atoms. The molecule has 0 bridgehead atoms. The van der Waals surface area contributed by atoms with Gasteiger partial charge < -0.3 is 24.8 Å². The minimum Gasteiger partial charge on any atom is -0.383 e. The first-order valence-electron chi connectivity index (χ1n) is 11.5. The normalized spacial score (nSPS) is 23.0. The summed E-state index contributed by atoms with van der Waals surface area (Å²) in [6.07, 6.45) is 4.53. The van der Waals surface area contributed by atoms with E-state index in [0.29, 0.717) is 25.5 Å². The van der Waals surface area contributed by atoms with Crippen molar-refractivity contribution in [1.82, 2.24) is 20.0 Å². The third kappa shape index (κ3) is 4.44. The van der Waals surface area contributed by atoms with E-state index in [-0.39, 0.29) is 17.0 Å². The van der Waals surface area contributed by atoms with Crippen LogP contribution >= 0.6 is 0 Å². The van der Waals surface area contributed by atoms with E-state index in [1.165, 1.54) is 0 Å². The van der Waals surface area contributed by atoms with Gasteiger partial charge in [-0.1, -0.05) is 30.3 Å². The van der Waals surface area contributed by atoms with E-state index in [4.69, 9.17) is 4.74 Å². The number of hydrogen-bond donors (Lipinski definition) is 1. The highest BCUT2D eigenvalue weighted by molar-refractivity contribution is 5.86. The fourth-order valence-corrected chi connectivity index (χ4v) is 5.73. The number of nitrogens with one attached hydrogen (secondary N) is 1. The number of piperidine rings is 2. The molecule has 7 nitrogen and oxygen atoms in total. The number of rotatable bonds is 5. The molecular formula is C24H36N4O3. The van der Waals surface area contributed by atoms with Crippen LogP contribution in [0.4, 0.5) is 4.79 Å². The molecule has 3 fully saturated rings. The van der Waals surface area contributed by atoms with Gasteiger partial charge in [-0.3, -0.25) is 4.79 Å². The SMILES string of the molecule is COCCN1CCC2(CC1)CC1(CCN(C(=O)NCc3ccccc3)CC1)N(C)C2=O. The van der Waals surface area contributed by atoms with E-state index in [1.54, 1.807) is 7.11 Å². The minimum atomic E-state index is -0.212. The molecule has 0 aromatic heterocycles. The monoisotopic (exact) mass is 428 g/mol. The molecule has 0 atom stereocenters. The van der Waals surface area contributed by atoms with Gasteiger partial charge in [0, 0.05) is 45.9 Å². The first-order valence-corrected chi connectivity index (χ1v) is 11.5. The van der Waals surface area contributed by atoms with E-state index in [2.05, 4.69) is 10.2 Å². The fraction of sp³-hybridized carbons (Fsp3) is 0.667. The lowest BCUT2D eigenvalue weighted by molar-refractivity contribution is -0.139. The summed E-state index contributed by atoms with van der Waals surface area (Å²) >= 11 is 0. The molecule has 4 rings (SSSR count). The Hall–Kier alpha value is -2.12. The van der Waals surface area contributed by atoms with Crippen molar-refractivity contribution in [3.8, 4) is 0 Å². The largest absolute Gasteiger partial charge is 0.383 e. The molecule has 1 aromatic carbocycles. The van der Waals surface area contributed by atoms with E-state index in [1.807, 2.05) is 47.2 Å². The van der Waals surface area contributed by atoms with Crippen molar-refractivity contribution >= 4 is 11.9 Å². The lowest BCUT2D eigenvalue weighted by Crippen LogP contribution is -2.54. The van der Waals surface area contributed by atoms with Gasteiger partial charge in [0.1, 0.15) is 0 Å². The fourth-order valence-electron chi connectivity index (χ4n) is 5.73. The molecule has 0 radical (unpaired) electrons. The lowest BCUT2D eigenvalue weighted by Gasteiger charge is -2.44. The van der Waals surface area contributed by atoms with Crippen molar-refractivity contribution in [2.45, 2.75) is 44.2 Å². The summed E-state index contributed by atoms with van der Waals surface area (Å²) in [4.78, 5) is 32.4. The summed E-state index contributed by atoms with van der Waals surface area (Å²) in [6.45, 7) is 5.56. The molecule has 0 unspecified atom stereocenters. The van der Waals surface area contributed by atoms with Gasteiger partial charge in [0.05, 0.1) is 12.0 Å². The maximum atomic E-state index is 13.3. The predicted octanol–water partition coefficient (Wildman–Crippen LogP) is 2.32. The molecule has 3 aliphatic rings. The molecule has 1 N–H and O–H groups in total. The van der Waals surface area contributed by atoms with Crippen molar-refractivity contribution in [3.63, 3.8) is 0 Å². The van der Waals surface area contributed by atoms with Crippen molar-refractivity contribution < 1.29 is 14.3 Å². The van der Waals surface area contributed by atoms with Crippen LogP contribution in [0.25, 0.3) is 0 Å². The third-order valence-electron chi connectivity index (χ3n) is 7.83. The summed E-state index contributed by atoms with van der Waals surface area (Å²) in [5.41, 5.74) is 0.794. The Morgan fingerprint density at radius 2 is 1.74 bits per heavy atom. The Balaban J connectivity index is 1.32. The zero-order valence-electron chi connectivity index (χ0n) is 18.9. The Kier molecular flexibility index (Phi) is 6.53. The zero-order chi connectivity index (χ0) is 21.9. The first kappa shape index (κ1) is 22.1. The maximum absolute atomic E-state index is 13.3. The van der Waals surface area contributed by atoms with Crippen LogP contribution in [0.3, 0.4) is 0 Å². The highest BCUT2D eigenvalue weighted by Crippen LogP contribution is 2.52. The molecule has 3 heterocycles. The van der Waals surface area contributed by atoms with Gasteiger partial charge in [-0.25, -0.2) is 4.79 Å². The molecule has 7 heteroatoms. The highest BCUT2D eigenvalue weighted by atomic mass is 16.5. The summed E-state index contributed by atoms with van der Waals surface area (Å²) < 4.78 is 5.21. The topological polar surface area (TPSA) is 65.1 Å². The van der Waals surface area contributed by atoms with Crippen LogP contribution in [-0.4, -0.2) is 85.7 Å². The Labute approximate surface area is 185 Å². The van der Waals surface area contributed by atoms with Crippen LogP contribution in [0.2, 0.25) is 0 Å².